The van der Waals surface area contributed by atoms with Crippen LogP contribution in [0.5, 0.6) is 5.75 Å². The highest BCUT2D eigenvalue weighted by Gasteiger charge is 2.28. The molecule has 0 saturated heterocycles. The fourth-order valence-corrected chi connectivity index (χ4v) is 2.58. The summed E-state index contributed by atoms with van der Waals surface area (Å²) in [5.41, 5.74) is 2.04. The van der Waals surface area contributed by atoms with Gasteiger partial charge in [0, 0.05) is 12.1 Å². The Balaban J connectivity index is 1.83. The van der Waals surface area contributed by atoms with Gasteiger partial charge in [-0.3, -0.25) is 9.89 Å². The van der Waals surface area contributed by atoms with Crippen molar-refractivity contribution in [2.24, 2.45) is 0 Å². The van der Waals surface area contributed by atoms with Gasteiger partial charge in [-0.25, -0.2) is 4.79 Å². The molecule has 0 saturated carbocycles. The van der Waals surface area contributed by atoms with Gasteiger partial charge in [-0.05, 0) is 18.6 Å². The Morgan fingerprint density at radius 2 is 2.14 bits per heavy atom. The topological polar surface area (TPSA) is 95.5 Å². The molecular weight excluding hydrogens is 286 g/mol. The summed E-state index contributed by atoms with van der Waals surface area (Å²) in [7, 11) is 1.31. The van der Waals surface area contributed by atoms with Gasteiger partial charge >= 0.3 is 5.97 Å². The third kappa shape index (κ3) is 2.30. The van der Waals surface area contributed by atoms with Crippen LogP contribution in [0.15, 0.2) is 24.3 Å². The number of hydrogen-bond donors (Lipinski definition) is 2. The van der Waals surface area contributed by atoms with Crippen molar-refractivity contribution >= 4 is 11.9 Å². The van der Waals surface area contributed by atoms with Gasteiger partial charge in [0.05, 0.1) is 24.9 Å². The van der Waals surface area contributed by atoms with E-state index in [1.54, 1.807) is 23.1 Å². The largest absolute Gasteiger partial charge is 0.507 e. The number of rotatable bonds is 2. The van der Waals surface area contributed by atoms with Crippen LogP contribution < -0.4 is 0 Å². The Morgan fingerprint density at radius 1 is 1.36 bits per heavy atom. The number of nitrogens with zero attached hydrogens (tertiary/aromatic N) is 2. The van der Waals surface area contributed by atoms with E-state index < -0.39 is 5.97 Å². The lowest BCUT2D eigenvalue weighted by Gasteiger charge is -2.27. The highest BCUT2D eigenvalue weighted by molar-refractivity contribution is 5.97. The van der Waals surface area contributed by atoms with Crippen molar-refractivity contribution in [2.45, 2.75) is 13.0 Å². The zero-order chi connectivity index (χ0) is 15.7. The average Bonchev–Trinajstić information content (AvgIpc) is 2.97. The highest BCUT2D eigenvalue weighted by Crippen LogP contribution is 2.24. The number of aromatic nitrogens is 2. The number of esters is 1. The maximum absolute atomic E-state index is 12.5. The Hall–Kier alpha value is -2.83. The van der Waals surface area contributed by atoms with Gasteiger partial charge in [-0.1, -0.05) is 12.1 Å². The summed E-state index contributed by atoms with van der Waals surface area (Å²) >= 11 is 0. The molecule has 1 aromatic heterocycles. The molecule has 0 aliphatic carbocycles. The Bertz CT molecular complexity index is 738. The van der Waals surface area contributed by atoms with Crippen LogP contribution in [0, 0.1) is 0 Å². The number of benzene rings is 1. The maximum Gasteiger partial charge on any atom is 0.358 e. The lowest BCUT2D eigenvalue weighted by atomic mass is 10.0. The number of amides is 1. The number of nitrogens with one attached hydrogen (secondary N) is 1. The van der Waals surface area contributed by atoms with Crippen molar-refractivity contribution in [1.82, 2.24) is 15.1 Å². The van der Waals surface area contributed by atoms with Crippen LogP contribution in [0.4, 0.5) is 0 Å². The number of phenols is 1. The second-order valence-corrected chi connectivity index (χ2v) is 5.01. The number of phenolic OH excluding ortho intramolecular Hbond substituents is 1. The number of aromatic hydroxyl groups is 1. The second kappa shape index (κ2) is 5.51. The van der Waals surface area contributed by atoms with Crippen LogP contribution in [-0.2, 0) is 17.7 Å². The summed E-state index contributed by atoms with van der Waals surface area (Å²) in [4.78, 5) is 25.7. The van der Waals surface area contributed by atoms with Gasteiger partial charge in [0.25, 0.3) is 5.91 Å². The molecule has 2 N–H and O–H groups in total. The molecule has 0 fully saturated rings. The molecular formula is C15H15N3O4. The first-order valence-electron chi connectivity index (χ1n) is 6.83. The van der Waals surface area contributed by atoms with Crippen molar-refractivity contribution < 1.29 is 19.4 Å². The van der Waals surface area contributed by atoms with Crippen LogP contribution >= 0.6 is 0 Å². The van der Waals surface area contributed by atoms with Crippen LogP contribution in [0.2, 0.25) is 0 Å². The summed E-state index contributed by atoms with van der Waals surface area (Å²) in [6.45, 7) is 0.760. The van der Waals surface area contributed by atoms with E-state index >= 15 is 0 Å². The first-order valence-corrected chi connectivity index (χ1v) is 6.83. The summed E-state index contributed by atoms with van der Waals surface area (Å²) in [5.74, 6) is -0.783. The van der Waals surface area contributed by atoms with Crippen LogP contribution in [0.3, 0.4) is 0 Å². The smallest absolute Gasteiger partial charge is 0.358 e. The molecule has 7 heteroatoms. The molecule has 22 heavy (non-hydrogen) atoms. The minimum atomic E-state index is -0.488. The molecule has 114 valence electrons. The number of aromatic amines is 1. The Labute approximate surface area is 126 Å². The second-order valence-electron chi connectivity index (χ2n) is 5.01. The standard InChI is InChI=1S/C15H15N3O4/c1-22-15(21)13-9-6-7-18(8-11(9)16-17-13)14(20)10-4-2-3-5-12(10)19/h2-5,19H,6-8H2,1H3,(H,16,17). The van der Waals surface area contributed by atoms with Crippen molar-refractivity contribution in [1.29, 1.82) is 0 Å². The molecule has 1 aliphatic heterocycles. The van der Waals surface area contributed by atoms with E-state index in [2.05, 4.69) is 14.9 Å². The number of hydrogen-bond acceptors (Lipinski definition) is 5. The van der Waals surface area contributed by atoms with Gasteiger partial charge in [0.15, 0.2) is 5.69 Å². The number of ether oxygens (including phenoxy) is 1. The third-order valence-corrected chi connectivity index (χ3v) is 3.73. The van der Waals surface area contributed by atoms with E-state index in [1.165, 1.54) is 13.2 Å². The van der Waals surface area contributed by atoms with E-state index in [-0.39, 0.29) is 22.9 Å². The predicted molar refractivity (Wildman–Crippen MR) is 76.5 cm³/mol. The van der Waals surface area contributed by atoms with E-state index in [0.29, 0.717) is 19.5 Å². The van der Waals surface area contributed by atoms with Crippen molar-refractivity contribution in [3.8, 4) is 5.75 Å². The third-order valence-electron chi connectivity index (χ3n) is 3.73. The molecule has 2 heterocycles. The summed E-state index contributed by atoms with van der Waals surface area (Å²) < 4.78 is 4.68. The number of para-hydroxylation sites is 1. The SMILES string of the molecule is COC(=O)c1n[nH]c2c1CCN(C(=O)c1ccccc1O)C2. The molecule has 2 aromatic rings. The Morgan fingerprint density at radius 3 is 2.86 bits per heavy atom. The minimum Gasteiger partial charge on any atom is -0.507 e. The number of carbonyl (C=O) groups is 2. The average molecular weight is 301 g/mol. The number of carbonyl (C=O) groups excluding carboxylic acids is 2. The quantitative estimate of drug-likeness (QED) is 0.810. The molecule has 1 amide bonds. The highest BCUT2D eigenvalue weighted by atomic mass is 16.5. The van der Waals surface area contributed by atoms with Gasteiger partial charge < -0.3 is 14.7 Å². The number of fused-ring (bicyclic) bond motifs is 1. The lowest BCUT2D eigenvalue weighted by molar-refractivity contribution is 0.0592. The lowest BCUT2D eigenvalue weighted by Crippen LogP contribution is -2.36. The van der Waals surface area contributed by atoms with Gasteiger partial charge in [-0.2, -0.15) is 5.10 Å². The molecule has 0 radical (unpaired) electrons. The molecule has 1 aromatic carbocycles. The molecule has 0 unspecified atom stereocenters. The van der Waals surface area contributed by atoms with Gasteiger partial charge in [0.1, 0.15) is 5.75 Å². The van der Waals surface area contributed by atoms with Crippen LogP contribution in [0.25, 0.3) is 0 Å². The van der Waals surface area contributed by atoms with Crippen molar-refractivity contribution in [3.63, 3.8) is 0 Å². The Kier molecular flexibility index (Phi) is 3.54. The van der Waals surface area contributed by atoms with Gasteiger partial charge in [-0.15, -0.1) is 0 Å². The van der Waals surface area contributed by atoms with E-state index in [4.69, 9.17) is 0 Å². The van der Waals surface area contributed by atoms with E-state index in [1.807, 2.05) is 0 Å². The monoisotopic (exact) mass is 301 g/mol. The maximum atomic E-state index is 12.5. The van der Waals surface area contributed by atoms with E-state index in [0.717, 1.165) is 11.3 Å². The zero-order valence-corrected chi connectivity index (χ0v) is 12.0. The predicted octanol–water partition coefficient (Wildman–Crippen LogP) is 1.10. The van der Waals surface area contributed by atoms with Gasteiger partial charge in [0.2, 0.25) is 0 Å². The van der Waals surface area contributed by atoms with Crippen molar-refractivity contribution in [3.05, 3.63) is 46.8 Å². The van der Waals surface area contributed by atoms with Crippen molar-refractivity contribution in [2.75, 3.05) is 13.7 Å². The first-order chi connectivity index (χ1) is 10.6. The number of methoxy groups -OCH3 is 1. The first kappa shape index (κ1) is 14.1. The molecule has 0 bridgehead atoms. The number of H-pyrrole nitrogens is 1. The fourth-order valence-electron chi connectivity index (χ4n) is 2.58. The van der Waals surface area contributed by atoms with E-state index in [9.17, 15) is 14.7 Å². The molecule has 7 nitrogen and oxygen atoms in total. The molecule has 1 aliphatic rings. The molecule has 0 atom stereocenters. The van der Waals surface area contributed by atoms with Crippen LogP contribution in [0.1, 0.15) is 32.1 Å². The summed E-state index contributed by atoms with van der Waals surface area (Å²) in [6, 6.07) is 6.43. The van der Waals surface area contributed by atoms with Crippen LogP contribution in [-0.4, -0.2) is 45.7 Å². The summed E-state index contributed by atoms with van der Waals surface area (Å²) in [5, 5.41) is 16.5. The molecule has 3 rings (SSSR count). The molecule has 0 spiro atoms. The fraction of sp³-hybridized carbons (Fsp3) is 0.267. The normalized spacial score (nSPS) is 13.6. The summed E-state index contributed by atoms with van der Waals surface area (Å²) in [6.07, 6.45) is 0.510. The zero-order valence-electron chi connectivity index (χ0n) is 12.0. The minimum absolute atomic E-state index is 0.0434.